The number of fused-ring (bicyclic) bond motifs is 1. The highest BCUT2D eigenvalue weighted by molar-refractivity contribution is 8.18. The Morgan fingerprint density at radius 1 is 1.38 bits per heavy atom. The van der Waals surface area contributed by atoms with Crippen molar-refractivity contribution in [3.63, 3.8) is 0 Å². The first-order valence-electron chi connectivity index (χ1n) is 8.33. The monoisotopic (exact) mass is 366 g/mol. The maximum atomic E-state index is 11.8. The van der Waals surface area contributed by atoms with E-state index in [0.29, 0.717) is 16.2 Å². The molecular weight excluding hydrogens is 348 g/mol. The molecule has 7 heteroatoms. The Kier molecular flexibility index (Phi) is 5.24. The molecule has 26 heavy (non-hydrogen) atoms. The molecule has 1 aliphatic heterocycles. The van der Waals surface area contributed by atoms with Crippen molar-refractivity contribution < 1.29 is 9.53 Å². The second-order valence-corrected chi connectivity index (χ2v) is 6.87. The summed E-state index contributed by atoms with van der Waals surface area (Å²) in [6, 6.07) is 7.72. The highest BCUT2D eigenvalue weighted by Crippen LogP contribution is 2.32. The second-order valence-electron chi connectivity index (χ2n) is 5.81. The third-order valence-electron chi connectivity index (χ3n) is 4.09. The van der Waals surface area contributed by atoms with E-state index in [1.807, 2.05) is 32.0 Å². The molecular formula is C19H18N4O2S. The number of nitrogens with zero attached hydrogens (tertiary/aromatic N) is 3. The smallest absolute Gasteiger partial charge is 0.286 e. The molecule has 0 saturated heterocycles. The Hall–Kier alpha value is -2.85. The van der Waals surface area contributed by atoms with Crippen LogP contribution < -0.4 is 10.5 Å². The van der Waals surface area contributed by atoms with E-state index in [2.05, 4.69) is 16.0 Å². The van der Waals surface area contributed by atoms with Gasteiger partial charge < -0.3 is 10.5 Å². The number of nitriles is 1. The van der Waals surface area contributed by atoms with E-state index in [4.69, 9.17) is 10.5 Å². The van der Waals surface area contributed by atoms with Crippen LogP contribution in [0.25, 0.3) is 17.0 Å². The zero-order chi connectivity index (χ0) is 18.7. The van der Waals surface area contributed by atoms with Gasteiger partial charge in [0.15, 0.2) is 5.17 Å². The van der Waals surface area contributed by atoms with E-state index in [9.17, 15) is 10.1 Å². The minimum atomic E-state index is -0.343. The lowest BCUT2D eigenvalue weighted by Crippen LogP contribution is -2.14. The van der Waals surface area contributed by atoms with Gasteiger partial charge in [-0.15, -0.1) is 0 Å². The van der Waals surface area contributed by atoms with Gasteiger partial charge in [-0.2, -0.15) is 10.3 Å². The maximum absolute atomic E-state index is 11.8. The van der Waals surface area contributed by atoms with Crippen LogP contribution >= 0.6 is 11.8 Å². The molecule has 3 rings (SSSR count). The summed E-state index contributed by atoms with van der Waals surface area (Å²) in [5.74, 6) is 0.192. The molecule has 1 aliphatic rings. The van der Waals surface area contributed by atoms with Gasteiger partial charge in [0.05, 0.1) is 16.5 Å². The number of nitrogens with two attached hydrogens (primary N) is 1. The molecule has 0 atom stereocenters. The molecule has 0 unspecified atom stereocenters. The molecule has 0 spiro atoms. The van der Waals surface area contributed by atoms with Crippen molar-refractivity contribution in [2.75, 3.05) is 0 Å². The van der Waals surface area contributed by atoms with E-state index in [0.717, 1.165) is 41.1 Å². The van der Waals surface area contributed by atoms with Crippen LogP contribution in [0.5, 0.6) is 5.75 Å². The van der Waals surface area contributed by atoms with E-state index in [1.165, 1.54) is 6.20 Å². The van der Waals surface area contributed by atoms with Crippen molar-refractivity contribution in [2.24, 2.45) is 10.7 Å². The average Bonchev–Trinajstić information content (AvgIpc) is 2.96. The summed E-state index contributed by atoms with van der Waals surface area (Å²) in [7, 11) is 0. The van der Waals surface area contributed by atoms with E-state index >= 15 is 0 Å². The van der Waals surface area contributed by atoms with Gasteiger partial charge in [-0.3, -0.25) is 9.78 Å². The number of benzene rings is 1. The van der Waals surface area contributed by atoms with Gasteiger partial charge in [-0.1, -0.05) is 19.9 Å². The predicted octanol–water partition coefficient (Wildman–Crippen LogP) is 3.60. The summed E-state index contributed by atoms with van der Waals surface area (Å²) in [4.78, 5) is 20.3. The molecule has 0 bridgehead atoms. The minimum absolute atomic E-state index is 0.0230. The number of carbonyl (C=O) groups excluding carboxylic acids is 1. The molecule has 132 valence electrons. The number of aromatic nitrogens is 1. The molecule has 6 nitrogen and oxygen atoms in total. The number of aliphatic imine (C=N–C) groups is 1. The molecule has 1 aromatic heterocycles. The molecule has 1 amide bonds. The normalized spacial score (nSPS) is 15.5. The first kappa shape index (κ1) is 18.0. The molecule has 2 aromatic rings. The second kappa shape index (κ2) is 7.58. The summed E-state index contributed by atoms with van der Waals surface area (Å²) in [5, 5.41) is 10.4. The summed E-state index contributed by atoms with van der Waals surface area (Å²) in [6.45, 7) is 4.10. The van der Waals surface area contributed by atoms with Crippen molar-refractivity contribution in [1.82, 2.24) is 4.98 Å². The van der Waals surface area contributed by atoms with E-state index in [-0.39, 0.29) is 17.2 Å². The number of carbonyl (C=O) groups is 1. The summed E-state index contributed by atoms with van der Waals surface area (Å²) in [5.41, 5.74) is 7.51. The molecule has 0 fully saturated rings. The molecule has 0 saturated carbocycles. The number of thioether (sulfide) groups is 1. The topological polar surface area (TPSA) is 101 Å². The summed E-state index contributed by atoms with van der Waals surface area (Å²) >= 11 is 1.14. The molecule has 2 N–H and O–H groups in total. The standard InChI is InChI=1S/C19H18N4O2S/c1-3-13(4-2)25-17-12(9-20)10-22-15-6-5-11(7-14(15)17)8-16-18(24)23-19(21)26-16/h5-8,10,13H,3-4H2,1-2H3,(H2,21,23,24). The van der Waals surface area contributed by atoms with E-state index in [1.54, 1.807) is 6.08 Å². The number of amidine groups is 1. The Balaban J connectivity index is 2.09. The number of rotatable bonds is 5. The summed E-state index contributed by atoms with van der Waals surface area (Å²) in [6.07, 6.45) is 4.97. The maximum Gasteiger partial charge on any atom is 0.286 e. The van der Waals surface area contributed by atoms with Gasteiger partial charge in [-0.05, 0) is 48.4 Å². The van der Waals surface area contributed by atoms with Crippen molar-refractivity contribution in [2.45, 2.75) is 32.8 Å². The lowest BCUT2D eigenvalue weighted by molar-refractivity contribution is -0.113. The number of hydrogen-bond acceptors (Lipinski definition) is 6. The average molecular weight is 366 g/mol. The fourth-order valence-corrected chi connectivity index (χ4v) is 3.36. The fraction of sp³-hybridized carbons (Fsp3) is 0.263. The lowest BCUT2D eigenvalue weighted by atomic mass is 10.1. The third kappa shape index (κ3) is 3.55. The SMILES string of the molecule is CCC(CC)Oc1c(C#N)cnc2ccc(C=C3SC(N)=NC3=O)cc12. The van der Waals surface area contributed by atoms with Crippen LogP contribution in [0.1, 0.15) is 37.8 Å². The zero-order valence-corrected chi connectivity index (χ0v) is 15.3. The minimum Gasteiger partial charge on any atom is -0.488 e. The van der Waals surface area contributed by atoms with Crippen LogP contribution in [0, 0.1) is 11.3 Å². The Labute approximate surface area is 155 Å². The van der Waals surface area contributed by atoms with Crippen LogP contribution in [0.4, 0.5) is 0 Å². The lowest BCUT2D eigenvalue weighted by Gasteiger charge is -2.18. The van der Waals surface area contributed by atoms with Gasteiger partial charge in [0, 0.05) is 11.6 Å². The fourth-order valence-electron chi connectivity index (χ4n) is 2.68. The number of ether oxygens (including phenoxy) is 1. The molecule has 0 aliphatic carbocycles. The highest BCUT2D eigenvalue weighted by atomic mass is 32.2. The van der Waals surface area contributed by atoms with Crippen molar-refractivity contribution in [1.29, 1.82) is 5.26 Å². The predicted molar refractivity (Wildman–Crippen MR) is 104 cm³/mol. The molecule has 1 aromatic carbocycles. The Morgan fingerprint density at radius 2 is 2.15 bits per heavy atom. The molecule has 2 heterocycles. The van der Waals surface area contributed by atoms with Crippen LogP contribution in [-0.2, 0) is 4.79 Å². The largest absolute Gasteiger partial charge is 0.488 e. The van der Waals surface area contributed by atoms with Gasteiger partial charge >= 0.3 is 0 Å². The van der Waals surface area contributed by atoms with Gasteiger partial charge in [0.1, 0.15) is 17.4 Å². The van der Waals surface area contributed by atoms with E-state index < -0.39 is 0 Å². The quantitative estimate of drug-likeness (QED) is 0.811. The van der Waals surface area contributed by atoms with Crippen LogP contribution in [-0.4, -0.2) is 22.2 Å². The number of pyridine rings is 1. The zero-order valence-electron chi connectivity index (χ0n) is 14.5. The van der Waals surface area contributed by atoms with Crippen LogP contribution in [0.3, 0.4) is 0 Å². The summed E-state index contributed by atoms with van der Waals surface area (Å²) < 4.78 is 6.11. The Morgan fingerprint density at radius 3 is 2.77 bits per heavy atom. The highest BCUT2D eigenvalue weighted by Gasteiger charge is 2.20. The third-order valence-corrected chi connectivity index (χ3v) is 4.91. The van der Waals surface area contributed by atoms with Crippen LogP contribution in [0.15, 0.2) is 34.3 Å². The van der Waals surface area contributed by atoms with Gasteiger partial charge in [0.25, 0.3) is 5.91 Å². The first-order valence-corrected chi connectivity index (χ1v) is 9.14. The number of hydrogen-bond donors (Lipinski definition) is 1. The van der Waals surface area contributed by atoms with Crippen molar-refractivity contribution in [3.8, 4) is 11.8 Å². The van der Waals surface area contributed by atoms with Crippen LogP contribution in [0.2, 0.25) is 0 Å². The van der Waals surface area contributed by atoms with Gasteiger partial charge in [-0.25, -0.2) is 0 Å². The van der Waals surface area contributed by atoms with Crippen molar-refractivity contribution in [3.05, 3.63) is 40.4 Å². The molecule has 0 radical (unpaired) electrons. The Bertz CT molecular complexity index is 971. The van der Waals surface area contributed by atoms with Crippen molar-refractivity contribution >= 4 is 39.8 Å². The van der Waals surface area contributed by atoms with Gasteiger partial charge in [0.2, 0.25) is 0 Å². The first-order chi connectivity index (χ1) is 12.5. The number of amides is 1.